The standard InChI is InChI=1S/C26H28F2N2O5S/c1-16-8-9-22(17-6-4-3-5-7-17)36(33,34)30(16)13-18-10-21(28)19(11-20(18)27)26(14-25(2,32)15-26)23-12-24(31)29-35-23/h3-7,10-12,16,22,32H,8-9,13-15H2,1-2H3,(H,29,31)/t16-,22+,25?,26?/m0/s1. The topological polar surface area (TPSA) is 104 Å². The van der Waals surface area contributed by atoms with Crippen molar-refractivity contribution < 1.29 is 26.8 Å². The van der Waals surface area contributed by atoms with Crippen LogP contribution in [0.1, 0.15) is 67.2 Å². The second kappa shape index (κ2) is 8.64. The first-order chi connectivity index (χ1) is 16.9. The lowest BCUT2D eigenvalue weighted by atomic mass is 9.55. The molecule has 10 heteroatoms. The molecule has 36 heavy (non-hydrogen) atoms. The van der Waals surface area contributed by atoms with Gasteiger partial charge in [-0.1, -0.05) is 30.3 Å². The third-order valence-electron chi connectivity index (χ3n) is 7.53. The van der Waals surface area contributed by atoms with Gasteiger partial charge < -0.3 is 9.63 Å². The van der Waals surface area contributed by atoms with Crippen molar-refractivity contribution >= 4 is 10.0 Å². The average molecular weight is 519 g/mol. The van der Waals surface area contributed by atoms with Gasteiger partial charge in [0.15, 0.2) is 0 Å². The zero-order valence-electron chi connectivity index (χ0n) is 20.0. The number of aromatic nitrogens is 1. The molecule has 2 heterocycles. The zero-order valence-corrected chi connectivity index (χ0v) is 20.8. The molecule has 5 rings (SSSR count). The molecule has 0 spiro atoms. The van der Waals surface area contributed by atoms with E-state index in [1.165, 1.54) is 10.4 Å². The first-order valence-corrected chi connectivity index (χ1v) is 13.4. The highest BCUT2D eigenvalue weighted by Gasteiger charge is 2.57. The largest absolute Gasteiger partial charge is 0.390 e. The SMILES string of the molecule is C[C@H]1CC[C@H](c2ccccc2)S(=O)(=O)N1Cc1cc(F)c(C2(c3cc(=O)[nH]o3)CC(C)(O)C2)cc1F. The fourth-order valence-corrected chi connectivity index (χ4v) is 8.05. The molecular formula is C26H28F2N2O5S. The van der Waals surface area contributed by atoms with Crippen LogP contribution >= 0.6 is 0 Å². The first kappa shape index (κ1) is 24.9. The van der Waals surface area contributed by atoms with Crippen molar-refractivity contribution in [3.05, 3.63) is 93.0 Å². The Morgan fingerprint density at radius 3 is 2.42 bits per heavy atom. The summed E-state index contributed by atoms with van der Waals surface area (Å²) in [5, 5.41) is 11.8. The predicted molar refractivity (Wildman–Crippen MR) is 129 cm³/mol. The number of hydrogen-bond donors (Lipinski definition) is 2. The van der Waals surface area contributed by atoms with Crippen molar-refractivity contribution in [2.45, 2.75) is 68.4 Å². The minimum Gasteiger partial charge on any atom is -0.390 e. The molecule has 1 aliphatic carbocycles. The number of benzene rings is 2. The average Bonchev–Trinajstić information content (AvgIpc) is 3.23. The van der Waals surface area contributed by atoms with E-state index in [1.807, 2.05) is 6.07 Å². The minimum absolute atomic E-state index is 0.0345. The number of sulfonamides is 1. The second-order valence-corrected chi connectivity index (χ2v) is 12.4. The van der Waals surface area contributed by atoms with Crippen molar-refractivity contribution in [2.24, 2.45) is 0 Å². The van der Waals surface area contributed by atoms with Gasteiger partial charge >= 0.3 is 0 Å². The van der Waals surface area contributed by atoms with E-state index in [9.17, 15) is 18.3 Å². The van der Waals surface area contributed by atoms with Crippen LogP contribution in [0.3, 0.4) is 0 Å². The van der Waals surface area contributed by atoms with E-state index in [0.29, 0.717) is 18.4 Å². The van der Waals surface area contributed by atoms with Crippen molar-refractivity contribution in [3.8, 4) is 0 Å². The van der Waals surface area contributed by atoms with Crippen molar-refractivity contribution in [1.29, 1.82) is 0 Å². The van der Waals surface area contributed by atoms with Gasteiger partial charge in [0.1, 0.15) is 22.6 Å². The summed E-state index contributed by atoms with van der Waals surface area (Å²) < 4.78 is 64.5. The van der Waals surface area contributed by atoms with Gasteiger partial charge in [-0.25, -0.2) is 17.2 Å². The molecule has 2 aromatic carbocycles. The monoisotopic (exact) mass is 518 g/mol. The molecule has 192 valence electrons. The summed E-state index contributed by atoms with van der Waals surface area (Å²) in [6.45, 7) is 3.03. The number of nitrogens with one attached hydrogen (secondary N) is 1. The van der Waals surface area contributed by atoms with E-state index in [2.05, 4.69) is 5.16 Å². The molecule has 0 amide bonds. The van der Waals surface area contributed by atoms with Gasteiger partial charge in [-0.2, -0.15) is 9.46 Å². The van der Waals surface area contributed by atoms with Crippen LogP contribution in [0.25, 0.3) is 0 Å². The van der Waals surface area contributed by atoms with E-state index in [1.54, 1.807) is 38.1 Å². The Hall–Kier alpha value is -2.82. The Kier molecular flexibility index (Phi) is 5.96. The smallest absolute Gasteiger partial charge is 0.280 e. The van der Waals surface area contributed by atoms with Gasteiger partial charge in [0, 0.05) is 29.8 Å². The Labute approximate surface area is 207 Å². The van der Waals surface area contributed by atoms with E-state index in [0.717, 1.165) is 12.1 Å². The van der Waals surface area contributed by atoms with Gasteiger partial charge in [0.2, 0.25) is 10.0 Å². The van der Waals surface area contributed by atoms with Crippen LogP contribution in [0.5, 0.6) is 0 Å². The van der Waals surface area contributed by atoms with Crippen LogP contribution in [0.2, 0.25) is 0 Å². The van der Waals surface area contributed by atoms with Gasteiger partial charge in [0.25, 0.3) is 5.56 Å². The molecule has 2 aliphatic rings. The van der Waals surface area contributed by atoms with Crippen molar-refractivity contribution in [2.75, 3.05) is 0 Å². The Morgan fingerprint density at radius 1 is 1.11 bits per heavy atom. The molecule has 7 nitrogen and oxygen atoms in total. The van der Waals surface area contributed by atoms with Gasteiger partial charge in [-0.3, -0.25) is 4.79 Å². The van der Waals surface area contributed by atoms with Crippen LogP contribution in [0.15, 0.2) is 57.8 Å². The second-order valence-electron chi connectivity index (χ2n) is 10.3. The molecule has 1 saturated heterocycles. The first-order valence-electron chi connectivity index (χ1n) is 11.9. The Morgan fingerprint density at radius 2 is 1.81 bits per heavy atom. The van der Waals surface area contributed by atoms with E-state index in [4.69, 9.17) is 4.52 Å². The lowest BCUT2D eigenvalue weighted by Gasteiger charge is -2.50. The van der Waals surface area contributed by atoms with Crippen LogP contribution in [-0.2, 0) is 22.0 Å². The molecule has 2 N–H and O–H groups in total. The maximum Gasteiger partial charge on any atom is 0.280 e. The third-order valence-corrected chi connectivity index (χ3v) is 9.90. The number of aliphatic hydroxyl groups is 1. The van der Waals surface area contributed by atoms with E-state index in [-0.39, 0.29) is 42.3 Å². The highest BCUT2D eigenvalue weighted by molar-refractivity contribution is 7.89. The maximum absolute atomic E-state index is 15.5. The number of halogens is 2. The maximum atomic E-state index is 15.5. The van der Waals surface area contributed by atoms with Gasteiger partial charge in [-0.05, 0) is 57.2 Å². The fraction of sp³-hybridized carbons (Fsp3) is 0.423. The van der Waals surface area contributed by atoms with Gasteiger partial charge in [0.05, 0.1) is 11.0 Å². The Bertz CT molecular complexity index is 1440. The highest BCUT2D eigenvalue weighted by atomic mass is 32.2. The zero-order chi connectivity index (χ0) is 25.9. The number of H-pyrrole nitrogens is 1. The number of rotatable bonds is 5. The normalized spacial score (nSPS) is 30.1. The Balaban J connectivity index is 1.49. The lowest BCUT2D eigenvalue weighted by Crippen LogP contribution is -2.53. The van der Waals surface area contributed by atoms with Crippen LogP contribution in [0, 0.1) is 11.6 Å². The highest BCUT2D eigenvalue weighted by Crippen LogP contribution is 2.55. The lowest BCUT2D eigenvalue weighted by molar-refractivity contribution is -0.0698. The summed E-state index contributed by atoms with van der Waals surface area (Å²) >= 11 is 0. The quantitative estimate of drug-likeness (QED) is 0.529. The minimum atomic E-state index is -3.82. The molecule has 3 aromatic rings. The summed E-state index contributed by atoms with van der Waals surface area (Å²) in [5.41, 5.74) is -2.34. The molecule has 0 unspecified atom stereocenters. The summed E-state index contributed by atoms with van der Waals surface area (Å²) in [4.78, 5) is 11.7. The van der Waals surface area contributed by atoms with Crippen LogP contribution < -0.4 is 5.56 Å². The molecule has 2 fully saturated rings. The fourth-order valence-electron chi connectivity index (χ4n) is 5.86. The van der Waals surface area contributed by atoms with E-state index >= 15 is 8.78 Å². The molecular weight excluding hydrogens is 490 g/mol. The van der Waals surface area contributed by atoms with E-state index < -0.39 is 43.5 Å². The molecule has 0 radical (unpaired) electrons. The number of hydrogen-bond acceptors (Lipinski definition) is 5. The molecule has 2 atom stereocenters. The molecule has 1 aromatic heterocycles. The third kappa shape index (κ3) is 4.10. The predicted octanol–water partition coefficient (Wildman–Crippen LogP) is 4.13. The summed E-state index contributed by atoms with van der Waals surface area (Å²) in [7, 11) is -3.82. The summed E-state index contributed by atoms with van der Waals surface area (Å²) in [5.74, 6) is -1.41. The summed E-state index contributed by atoms with van der Waals surface area (Å²) in [6.07, 6.45) is 1.11. The van der Waals surface area contributed by atoms with Crippen LogP contribution in [0.4, 0.5) is 8.78 Å². The molecule has 1 saturated carbocycles. The van der Waals surface area contributed by atoms with Crippen LogP contribution in [-0.4, -0.2) is 34.6 Å². The number of aromatic amines is 1. The van der Waals surface area contributed by atoms with Crippen molar-refractivity contribution in [3.63, 3.8) is 0 Å². The van der Waals surface area contributed by atoms with Crippen molar-refractivity contribution in [1.82, 2.24) is 9.46 Å². The van der Waals surface area contributed by atoms with Gasteiger partial charge in [-0.15, -0.1) is 0 Å². The molecule has 1 aliphatic heterocycles. The number of nitrogens with zero attached hydrogens (tertiary/aromatic N) is 1. The summed E-state index contributed by atoms with van der Waals surface area (Å²) in [6, 6.07) is 11.7. The molecule has 0 bridgehead atoms.